The zero-order valence-electron chi connectivity index (χ0n) is 9.10. The Bertz CT molecular complexity index is 690. The molecule has 18 heavy (non-hydrogen) atoms. The van der Waals surface area contributed by atoms with Crippen LogP contribution >= 0.6 is 11.6 Å². The van der Waals surface area contributed by atoms with Gasteiger partial charge < -0.3 is 4.57 Å². The molecule has 0 bridgehead atoms. The normalized spacial score (nSPS) is 10.1. The maximum atomic E-state index is 13.6. The molecule has 0 radical (unpaired) electrons. The van der Waals surface area contributed by atoms with Crippen molar-refractivity contribution in [2.24, 2.45) is 0 Å². The third-order valence-electron chi connectivity index (χ3n) is 2.39. The van der Waals surface area contributed by atoms with Crippen molar-refractivity contribution in [1.29, 1.82) is 5.26 Å². The minimum absolute atomic E-state index is 0.00241. The van der Waals surface area contributed by atoms with Gasteiger partial charge in [-0.1, -0.05) is 11.6 Å². The van der Waals surface area contributed by atoms with Crippen molar-refractivity contribution in [2.75, 3.05) is 0 Å². The highest BCUT2D eigenvalue weighted by molar-refractivity contribution is 6.29. The van der Waals surface area contributed by atoms with E-state index in [9.17, 15) is 9.18 Å². The van der Waals surface area contributed by atoms with Crippen molar-refractivity contribution >= 4 is 11.6 Å². The van der Waals surface area contributed by atoms with E-state index in [0.717, 1.165) is 0 Å². The summed E-state index contributed by atoms with van der Waals surface area (Å²) in [5.74, 6) is -0.478. The Kier molecular flexibility index (Phi) is 3.40. The van der Waals surface area contributed by atoms with Crippen LogP contribution in [0, 0.1) is 17.1 Å². The highest BCUT2D eigenvalue weighted by Gasteiger charge is 2.07. The summed E-state index contributed by atoms with van der Waals surface area (Å²) in [6, 6.07) is 5.89. The molecule has 1 aromatic heterocycles. The highest BCUT2D eigenvalue weighted by Crippen LogP contribution is 2.11. The van der Waals surface area contributed by atoms with Gasteiger partial charge in [0, 0.05) is 18.0 Å². The Morgan fingerprint density at radius 1 is 1.50 bits per heavy atom. The molecule has 0 saturated heterocycles. The number of benzene rings is 1. The van der Waals surface area contributed by atoms with Crippen LogP contribution in [-0.2, 0) is 6.54 Å². The van der Waals surface area contributed by atoms with Gasteiger partial charge in [0.15, 0.2) is 5.15 Å². The summed E-state index contributed by atoms with van der Waals surface area (Å²) in [7, 11) is 0. The summed E-state index contributed by atoms with van der Waals surface area (Å²) in [5.41, 5.74) is 0.0824. The highest BCUT2D eigenvalue weighted by atomic mass is 35.5. The van der Waals surface area contributed by atoms with Crippen LogP contribution in [0.4, 0.5) is 4.39 Å². The molecule has 0 N–H and O–H groups in total. The standard InChI is InChI=1S/C12H7ClFN3O/c13-11-12(18)17(4-3-16-11)7-9-5-8(6-15)1-2-10(9)14/h1-5H,7H2. The summed E-state index contributed by atoms with van der Waals surface area (Å²) in [4.78, 5) is 15.2. The van der Waals surface area contributed by atoms with Gasteiger partial charge in [-0.15, -0.1) is 0 Å². The van der Waals surface area contributed by atoms with Gasteiger partial charge in [-0.2, -0.15) is 5.26 Å². The predicted octanol–water partition coefficient (Wildman–Crippen LogP) is 1.96. The third-order valence-corrected chi connectivity index (χ3v) is 2.65. The number of rotatable bonds is 2. The molecule has 0 atom stereocenters. The predicted molar refractivity (Wildman–Crippen MR) is 63.7 cm³/mol. The molecule has 0 saturated carbocycles. The number of nitrogens with zero attached hydrogens (tertiary/aromatic N) is 3. The minimum atomic E-state index is -0.499. The van der Waals surface area contributed by atoms with Gasteiger partial charge in [0.25, 0.3) is 5.56 Å². The van der Waals surface area contributed by atoms with Gasteiger partial charge in [-0.3, -0.25) is 4.79 Å². The Morgan fingerprint density at radius 2 is 2.28 bits per heavy atom. The molecule has 2 aromatic rings. The van der Waals surface area contributed by atoms with E-state index in [4.69, 9.17) is 16.9 Å². The first-order chi connectivity index (χ1) is 8.61. The molecule has 90 valence electrons. The van der Waals surface area contributed by atoms with Crippen molar-refractivity contribution < 1.29 is 4.39 Å². The van der Waals surface area contributed by atoms with Gasteiger partial charge in [0.1, 0.15) is 5.82 Å². The fourth-order valence-corrected chi connectivity index (χ4v) is 1.66. The second kappa shape index (κ2) is 4.98. The SMILES string of the molecule is N#Cc1ccc(F)c(Cn2ccnc(Cl)c2=O)c1. The van der Waals surface area contributed by atoms with E-state index in [2.05, 4.69) is 4.98 Å². The Morgan fingerprint density at radius 3 is 3.00 bits per heavy atom. The monoisotopic (exact) mass is 263 g/mol. The lowest BCUT2D eigenvalue weighted by Crippen LogP contribution is -2.21. The van der Waals surface area contributed by atoms with E-state index >= 15 is 0 Å². The number of aromatic nitrogens is 2. The van der Waals surface area contributed by atoms with Crippen molar-refractivity contribution in [3.05, 3.63) is 63.0 Å². The van der Waals surface area contributed by atoms with Crippen molar-refractivity contribution in [3.8, 4) is 6.07 Å². The third kappa shape index (κ3) is 2.39. The van der Waals surface area contributed by atoms with Gasteiger partial charge in [-0.25, -0.2) is 9.37 Å². The lowest BCUT2D eigenvalue weighted by Gasteiger charge is -2.07. The number of hydrogen-bond acceptors (Lipinski definition) is 3. The van der Waals surface area contributed by atoms with E-state index < -0.39 is 11.4 Å². The molecular formula is C12H7ClFN3O. The lowest BCUT2D eigenvalue weighted by atomic mass is 10.1. The lowest BCUT2D eigenvalue weighted by molar-refractivity contribution is 0.595. The molecule has 0 unspecified atom stereocenters. The number of nitriles is 1. The Balaban J connectivity index is 2.43. The van der Waals surface area contributed by atoms with Crippen LogP contribution in [0.1, 0.15) is 11.1 Å². The van der Waals surface area contributed by atoms with Gasteiger partial charge in [-0.05, 0) is 18.2 Å². The van der Waals surface area contributed by atoms with E-state index in [1.807, 2.05) is 6.07 Å². The topological polar surface area (TPSA) is 58.7 Å². The van der Waals surface area contributed by atoms with E-state index in [1.54, 1.807) is 0 Å². The molecule has 0 fully saturated rings. The number of halogens is 2. The maximum absolute atomic E-state index is 13.6. The van der Waals surface area contributed by atoms with Crippen LogP contribution in [0.15, 0.2) is 35.4 Å². The first-order valence-corrected chi connectivity index (χ1v) is 5.39. The van der Waals surface area contributed by atoms with Crippen LogP contribution < -0.4 is 5.56 Å². The quantitative estimate of drug-likeness (QED) is 0.832. The number of hydrogen-bond donors (Lipinski definition) is 0. The zero-order valence-corrected chi connectivity index (χ0v) is 9.86. The molecule has 2 rings (SSSR count). The molecular weight excluding hydrogens is 257 g/mol. The summed E-state index contributed by atoms with van der Waals surface area (Å²) in [5, 5.41) is 8.57. The van der Waals surface area contributed by atoms with Gasteiger partial charge in [0.05, 0.1) is 18.2 Å². The van der Waals surface area contributed by atoms with Gasteiger partial charge >= 0.3 is 0 Å². The van der Waals surface area contributed by atoms with E-state index in [1.165, 1.54) is 35.2 Å². The first-order valence-electron chi connectivity index (χ1n) is 5.01. The van der Waals surface area contributed by atoms with E-state index in [0.29, 0.717) is 5.56 Å². The van der Waals surface area contributed by atoms with Crippen molar-refractivity contribution in [2.45, 2.75) is 6.54 Å². The Hall–Kier alpha value is -2.19. The minimum Gasteiger partial charge on any atom is -0.307 e. The second-order valence-electron chi connectivity index (χ2n) is 3.57. The summed E-state index contributed by atoms with van der Waals surface area (Å²) < 4.78 is 14.8. The molecule has 0 aliphatic carbocycles. The van der Waals surface area contributed by atoms with Crippen LogP contribution in [0.3, 0.4) is 0 Å². The molecule has 6 heteroatoms. The smallest absolute Gasteiger partial charge is 0.288 e. The summed E-state index contributed by atoms with van der Waals surface area (Å²) in [6.07, 6.45) is 2.77. The second-order valence-corrected chi connectivity index (χ2v) is 3.93. The fourth-order valence-electron chi connectivity index (χ4n) is 1.49. The average molecular weight is 264 g/mol. The van der Waals surface area contributed by atoms with Crippen LogP contribution in [0.25, 0.3) is 0 Å². The Labute approximate surface area is 107 Å². The zero-order chi connectivity index (χ0) is 13.1. The molecule has 0 aliphatic heterocycles. The van der Waals surface area contributed by atoms with Crippen LogP contribution in [-0.4, -0.2) is 9.55 Å². The maximum Gasteiger partial charge on any atom is 0.288 e. The molecule has 1 heterocycles. The van der Waals surface area contributed by atoms with Crippen molar-refractivity contribution in [3.63, 3.8) is 0 Å². The molecule has 1 aromatic carbocycles. The largest absolute Gasteiger partial charge is 0.307 e. The van der Waals surface area contributed by atoms with Crippen LogP contribution in [0.5, 0.6) is 0 Å². The molecule has 0 aliphatic rings. The summed E-state index contributed by atoms with van der Waals surface area (Å²) >= 11 is 5.59. The molecule has 0 spiro atoms. The summed E-state index contributed by atoms with van der Waals surface area (Å²) in [6.45, 7) is 0.00241. The van der Waals surface area contributed by atoms with Gasteiger partial charge in [0.2, 0.25) is 0 Å². The van der Waals surface area contributed by atoms with Crippen LogP contribution in [0.2, 0.25) is 5.15 Å². The fraction of sp³-hybridized carbons (Fsp3) is 0.0833. The van der Waals surface area contributed by atoms with Crippen molar-refractivity contribution in [1.82, 2.24) is 9.55 Å². The first kappa shape index (κ1) is 12.3. The average Bonchev–Trinajstić information content (AvgIpc) is 2.37. The molecule has 4 nitrogen and oxygen atoms in total. The van der Waals surface area contributed by atoms with E-state index in [-0.39, 0.29) is 17.3 Å². The molecule has 0 amide bonds.